The Bertz CT molecular complexity index is 276. The predicted molar refractivity (Wildman–Crippen MR) is 55.4 cm³/mol. The molecule has 1 aromatic carbocycles. The maximum absolute atomic E-state index is 9.17. The second-order valence-electron chi connectivity index (χ2n) is 2.89. The molecule has 0 aliphatic heterocycles. The van der Waals surface area contributed by atoms with Gasteiger partial charge >= 0.3 is 0 Å². The van der Waals surface area contributed by atoms with Gasteiger partial charge in [-0.15, -0.1) is 0 Å². The van der Waals surface area contributed by atoms with E-state index in [-0.39, 0.29) is 5.75 Å². The summed E-state index contributed by atoms with van der Waals surface area (Å²) in [5.74, 6) is 0.147. The molecule has 0 saturated carbocycles. The number of rotatable bonds is 4. The van der Waals surface area contributed by atoms with Crippen LogP contribution >= 0.6 is 11.6 Å². The van der Waals surface area contributed by atoms with Crippen LogP contribution in [-0.4, -0.2) is 18.2 Å². The van der Waals surface area contributed by atoms with E-state index in [9.17, 15) is 0 Å². The number of hydrogen-bond acceptors (Lipinski definition) is 2. The molecule has 0 saturated heterocycles. The summed E-state index contributed by atoms with van der Waals surface area (Å²) in [7, 11) is 0. The summed E-state index contributed by atoms with van der Waals surface area (Å²) < 4.78 is 0. The Morgan fingerprint density at radius 1 is 1.46 bits per heavy atom. The number of aromatic hydroxyl groups is 1. The first-order valence-corrected chi connectivity index (χ1v) is 4.80. The fraction of sp³-hybridized carbons (Fsp3) is 0.400. The van der Waals surface area contributed by atoms with Crippen molar-refractivity contribution in [1.29, 1.82) is 0 Å². The topological polar surface area (TPSA) is 32.3 Å². The lowest BCUT2D eigenvalue weighted by atomic mass is 10.1. The molecule has 0 aromatic heterocycles. The van der Waals surface area contributed by atoms with E-state index in [2.05, 4.69) is 12.2 Å². The smallest absolute Gasteiger partial charge is 0.134 e. The molecule has 2 nitrogen and oxygen atoms in total. The summed E-state index contributed by atoms with van der Waals surface area (Å²) in [6, 6.07) is 5.32. The molecule has 1 rings (SSSR count). The minimum atomic E-state index is 0.147. The van der Waals surface area contributed by atoms with E-state index in [0.29, 0.717) is 5.02 Å². The van der Waals surface area contributed by atoms with Gasteiger partial charge in [0.2, 0.25) is 0 Å². The van der Waals surface area contributed by atoms with Crippen molar-refractivity contribution in [2.75, 3.05) is 13.1 Å². The number of phenolic OH excluding ortho intramolecular Hbond substituents is 1. The summed E-state index contributed by atoms with van der Waals surface area (Å²) in [6.07, 6.45) is 0.938. The normalized spacial score (nSPS) is 10.3. The van der Waals surface area contributed by atoms with E-state index >= 15 is 0 Å². The summed E-state index contributed by atoms with van der Waals surface area (Å²) in [4.78, 5) is 0. The number of nitrogens with one attached hydrogen (secondary N) is 1. The van der Waals surface area contributed by atoms with Crippen molar-refractivity contribution < 1.29 is 5.11 Å². The Labute approximate surface area is 83.5 Å². The van der Waals surface area contributed by atoms with Crippen molar-refractivity contribution in [2.45, 2.75) is 13.3 Å². The molecule has 0 aliphatic rings. The van der Waals surface area contributed by atoms with Gasteiger partial charge < -0.3 is 10.4 Å². The quantitative estimate of drug-likeness (QED) is 0.729. The Kier molecular flexibility index (Phi) is 4.06. The van der Waals surface area contributed by atoms with E-state index < -0.39 is 0 Å². The zero-order valence-electron chi connectivity index (χ0n) is 7.68. The molecule has 0 aliphatic carbocycles. The highest BCUT2D eigenvalue weighted by Crippen LogP contribution is 2.23. The molecule has 0 atom stereocenters. The third-order valence-corrected chi connectivity index (χ3v) is 2.16. The first-order chi connectivity index (χ1) is 6.24. The van der Waals surface area contributed by atoms with Crippen LogP contribution in [0.25, 0.3) is 0 Å². The van der Waals surface area contributed by atoms with Crippen molar-refractivity contribution in [3.63, 3.8) is 0 Å². The van der Waals surface area contributed by atoms with Crippen LogP contribution in [0.4, 0.5) is 0 Å². The monoisotopic (exact) mass is 199 g/mol. The molecule has 0 bridgehead atoms. The number of benzene rings is 1. The van der Waals surface area contributed by atoms with Crippen LogP contribution in [0.5, 0.6) is 5.75 Å². The van der Waals surface area contributed by atoms with Crippen LogP contribution in [0.2, 0.25) is 5.02 Å². The van der Waals surface area contributed by atoms with Crippen molar-refractivity contribution in [3.8, 4) is 5.75 Å². The van der Waals surface area contributed by atoms with Crippen LogP contribution in [0.1, 0.15) is 12.5 Å². The number of phenols is 1. The Morgan fingerprint density at radius 2 is 2.23 bits per heavy atom. The molecule has 0 radical (unpaired) electrons. The van der Waals surface area contributed by atoms with E-state index in [0.717, 1.165) is 25.1 Å². The first kappa shape index (κ1) is 10.4. The first-order valence-electron chi connectivity index (χ1n) is 4.42. The molecule has 0 heterocycles. The highest BCUT2D eigenvalue weighted by molar-refractivity contribution is 6.32. The lowest BCUT2D eigenvalue weighted by Gasteiger charge is -2.03. The molecule has 3 heteroatoms. The van der Waals surface area contributed by atoms with E-state index in [4.69, 9.17) is 16.7 Å². The van der Waals surface area contributed by atoms with Crippen LogP contribution < -0.4 is 5.32 Å². The average molecular weight is 200 g/mol. The highest BCUT2D eigenvalue weighted by Gasteiger charge is 1.98. The lowest BCUT2D eigenvalue weighted by molar-refractivity contribution is 0.475. The zero-order valence-corrected chi connectivity index (χ0v) is 8.43. The lowest BCUT2D eigenvalue weighted by Crippen LogP contribution is -2.15. The third-order valence-electron chi connectivity index (χ3n) is 1.85. The third kappa shape index (κ3) is 3.25. The van der Waals surface area contributed by atoms with Gasteiger partial charge in [0.15, 0.2) is 0 Å². The summed E-state index contributed by atoms with van der Waals surface area (Å²) >= 11 is 5.76. The van der Waals surface area contributed by atoms with E-state index in [1.165, 1.54) is 0 Å². The minimum Gasteiger partial charge on any atom is -0.506 e. The maximum Gasteiger partial charge on any atom is 0.134 e. The molecule has 72 valence electrons. The molecule has 13 heavy (non-hydrogen) atoms. The fourth-order valence-electron chi connectivity index (χ4n) is 1.12. The van der Waals surface area contributed by atoms with E-state index in [1.807, 2.05) is 6.07 Å². The molecular weight excluding hydrogens is 186 g/mol. The van der Waals surface area contributed by atoms with Gasteiger partial charge in [-0.1, -0.05) is 24.6 Å². The zero-order chi connectivity index (χ0) is 9.68. The van der Waals surface area contributed by atoms with Crippen molar-refractivity contribution >= 4 is 11.6 Å². The Morgan fingerprint density at radius 3 is 2.85 bits per heavy atom. The van der Waals surface area contributed by atoms with Crippen LogP contribution in [0.3, 0.4) is 0 Å². The molecule has 2 N–H and O–H groups in total. The Hall–Kier alpha value is -0.730. The van der Waals surface area contributed by atoms with Gasteiger partial charge in [-0.2, -0.15) is 0 Å². The molecule has 0 unspecified atom stereocenters. The summed E-state index contributed by atoms with van der Waals surface area (Å²) in [6.45, 7) is 3.99. The second-order valence-corrected chi connectivity index (χ2v) is 3.30. The van der Waals surface area contributed by atoms with Gasteiger partial charge in [0.1, 0.15) is 5.75 Å². The molecule has 1 aromatic rings. The van der Waals surface area contributed by atoms with Crippen molar-refractivity contribution in [3.05, 3.63) is 28.8 Å². The van der Waals surface area contributed by atoms with Gasteiger partial charge in [-0.25, -0.2) is 0 Å². The van der Waals surface area contributed by atoms with Crippen LogP contribution in [-0.2, 0) is 6.42 Å². The SMILES string of the molecule is CCNCCc1ccc(O)c(Cl)c1. The predicted octanol–water partition coefficient (Wildman–Crippen LogP) is 2.20. The van der Waals surface area contributed by atoms with Crippen molar-refractivity contribution in [1.82, 2.24) is 5.32 Å². The van der Waals surface area contributed by atoms with Gasteiger partial charge in [0.05, 0.1) is 5.02 Å². The molecule has 0 spiro atoms. The van der Waals surface area contributed by atoms with Crippen molar-refractivity contribution in [2.24, 2.45) is 0 Å². The largest absolute Gasteiger partial charge is 0.506 e. The summed E-state index contributed by atoms with van der Waals surface area (Å²) in [5, 5.41) is 12.8. The molecule has 0 fully saturated rings. The minimum absolute atomic E-state index is 0.147. The second kappa shape index (κ2) is 5.10. The number of halogens is 1. The number of likely N-dealkylation sites (N-methyl/N-ethyl adjacent to an activating group) is 1. The van der Waals surface area contributed by atoms with Crippen LogP contribution in [0.15, 0.2) is 18.2 Å². The molecule has 0 amide bonds. The van der Waals surface area contributed by atoms with Gasteiger partial charge in [0.25, 0.3) is 0 Å². The maximum atomic E-state index is 9.17. The standard InChI is InChI=1S/C10H14ClNO/c1-2-12-6-5-8-3-4-10(13)9(11)7-8/h3-4,7,12-13H,2,5-6H2,1H3. The summed E-state index contributed by atoms with van der Waals surface area (Å²) in [5.41, 5.74) is 1.14. The Balaban J connectivity index is 2.53. The fourth-order valence-corrected chi connectivity index (χ4v) is 1.32. The molecular formula is C10H14ClNO. The van der Waals surface area contributed by atoms with Gasteiger partial charge in [0, 0.05) is 0 Å². The van der Waals surface area contributed by atoms with Crippen LogP contribution in [0, 0.1) is 0 Å². The average Bonchev–Trinajstić information content (AvgIpc) is 2.12. The number of hydrogen-bond donors (Lipinski definition) is 2. The van der Waals surface area contributed by atoms with Gasteiger partial charge in [-0.3, -0.25) is 0 Å². The van der Waals surface area contributed by atoms with Gasteiger partial charge in [-0.05, 0) is 37.2 Å². The van der Waals surface area contributed by atoms with E-state index in [1.54, 1.807) is 12.1 Å². The highest BCUT2D eigenvalue weighted by atomic mass is 35.5.